The first-order valence-corrected chi connectivity index (χ1v) is 6.08. The highest BCUT2D eigenvalue weighted by Gasteiger charge is 2.11. The number of rotatable bonds is 8. The molecule has 0 saturated carbocycles. The zero-order valence-electron chi connectivity index (χ0n) is 10.0. The molecule has 0 bridgehead atoms. The van der Waals surface area contributed by atoms with Crippen molar-refractivity contribution < 1.29 is 0 Å². The summed E-state index contributed by atoms with van der Waals surface area (Å²) in [4.78, 5) is 0. The summed E-state index contributed by atoms with van der Waals surface area (Å²) in [6, 6.07) is 0. The summed E-state index contributed by atoms with van der Waals surface area (Å²) in [5.41, 5.74) is 1.22. The molecule has 0 rings (SSSR count). The molecular formula is C13H25N. The predicted octanol–water partition coefficient (Wildman–Crippen LogP) is 4.57. The highest BCUT2D eigenvalue weighted by atomic mass is 14.3. The molecule has 0 radical (unpaired) electrons. The summed E-state index contributed by atoms with van der Waals surface area (Å²) < 4.78 is 0. The molecular weight excluding hydrogens is 170 g/mol. The molecule has 1 nitrogen and oxygen atoms in total. The molecule has 14 heavy (non-hydrogen) atoms. The molecule has 0 heterocycles. The fourth-order valence-electron chi connectivity index (χ4n) is 1.96. The molecule has 0 aliphatic carbocycles. The summed E-state index contributed by atoms with van der Waals surface area (Å²) in [7, 11) is 0. The fraction of sp³-hybridized carbons (Fsp3) is 0.846. The maximum absolute atomic E-state index is 7.26. The van der Waals surface area contributed by atoms with Gasteiger partial charge in [-0.3, -0.25) is 5.41 Å². The number of unbranched alkanes of at least 4 members (excludes halogenated alkanes) is 2. The highest BCUT2D eigenvalue weighted by molar-refractivity contribution is 5.55. The summed E-state index contributed by atoms with van der Waals surface area (Å²) >= 11 is 0. The second-order valence-electron chi connectivity index (χ2n) is 3.99. The molecule has 0 saturated heterocycles. The molecule has 0 aliphatic heterocycles. The van der Waals surface area contributed by atoms with Crippen molar-refractivity contribution in [3.8, 4) is 0 Å². The maximum atomic E-state index is 7.26. The molecule has 0 aromatic rings. The van der Waals surface area contributed by atoms with Gasteiger partial charge in [0.25, 0.3) is 0 Å². The second-order valence-corrected chi connectivity index (χ2v) is 3.99. The molecule has 0 spiro atoms. The van der Waals surface area contributed by atoms with Gasteiger partial charge in [-0.15, -0.1) is 0 Å². The van der Waals surface area contributed by atoms with Crippen molar-refractivity contribution in [2.24, 2.45) is 5.92 Å². The topological polar surface area (TPSA) is 23.9 Å². The van der Waals surface area contributed by atoms with Crippen LogP contribution in [-0.4, -0.2) is 5.87 Å². The van der Waals surface area contributed by atoms with Crippen molar-refractivity contribution in [1.82, 2.24) is 0 Å². The molecule has 1 unspecified atom stereocenters. The van der Waals surface area contributed by atoms with Crippen LogP contribution >= 0.6 is 0 Å². The van der Waals surface area contributed by atoms with E-state index in [-0.39, 0.29) is 0 Å². The van der Waals surface area contributed by atoms with E-state index >= 15 is 0 Å². The lowest BCUT2D eigenvalue weighted by Crippen LogP contribution is -2.04. The van der Waals surface area contributed by atoms with Gasteiger partial charge in [-0.05, 0) is 36.6 Å². The minimum absolute atomic E-state index is 0.633. The molecule has 0 aliphatic rings. The number of allylic oxidation sites excluding steroid dienone is 1. The average molecular weight is 195 g/mol. The van der Waals surface area contributed by atoms with E-state index in [1.165, 1.54) is 44.1 Å². The standard InChI is InChI=1S/C13H25N/c1-4-7-8-10-13(9-5-2)12(6-3)11-14/h13-14H,4-10H2,1-3H3. The number of hydrogen-bond donors (Lipinski definition) is 1. The van der Waals surface area contributed by atoms with E-state index in [4.69, 9.17) is 5.41 Å². The van der Waals surface area contributed by atoms with Crippen LogP contribution in [-0.2, 0) is 0 Å². The smallest absolute Gasteiger partial charge is 0.00664 e. The van der Waals surface area contributed by atoms with Gasteiger partial charge in [-0.2, -0.15) is 0 Å². The van der Waals surface area contributed by atoms with E-state index < -0.39 is 0 Å². The van der Waals surface area contributed by atoms with E-state index in [1.807, 2.05) is 0 Å². The van der Waals surface area contributed by atoms with Crippen molar-refractivity contribution in [1.29, 1.82) is 5.41 Å². The summed E-state index contributed by atoms with van der Waals surface area (Å²) in [6.07, 6.45) is 8.65. The third kappa shape index (κ3) is 5.24. The van der Waals surface area contributed by atoms with Crippen LogP contribution in [0.4, 0.5) is 0 Å². The Kier molecular flexibility index (Phi) is 8.67. The first kappa shape index (κ1) is 13.4. The van der Waals surface area contributed by atoms with Crippen LogP contribution in [0.2, 0.25) is 0 Å². The maximum Gasteiger partial charge on any atom is -0.00664 e. The van der Waals surface area contributed by atoms with Gasteiger partial charge in [0.1, 0.15) is 0 Å². The molecule has 1 atom stereocenters. The quantitative estimate of drug-likeness (QED) is 0.433. The molecule has 1 heteroatoms. The molecule has 0 amide bonds. The summed E-state index contributed by atoms with van der Waals surface area (Å²) in [5, 5.41) is 7.26. The Morgan fingerprint density at radius 3 is 2.21 bits per heavy atom. The Hall–Kier alpha value is -0.550. The number of nitrogens with one attached hydrogen (secondary N) is 1. The Morgan fingerprint density at radius 2 is 1.79 bits per heavy atom. The lowest BCUT2D eigenvalue weighted by atomic mass is 9.88. The van der Waals surface area contributed by atoms with Gasteiger partial charge >= 0.3 is 0 Å². The van der Waals surface area contributed by atoms with Gasteiger partial charge in [0.15, 0.2) is 0 Å². The molecule has 82 valence electrons. The Labute approximate surface area is 89.1 Å². The molecule has 0 fully saturated rings. The SMILES string of the molecule is CCCCCC(CCC)C(=C=N)CC. The van der Waals surface area contributed by atoms with E-state index in [0.29, 0.717) is 5.92 Å². The Morgan fingerprint density at radius 1 is 1.07 bits per heavy atom. The van der Waals surface area contributed by atoms with Crippen molar-refractivity contribution >= 4 is 5.87 Å². The summed E-state index contributed by atoms with van der Waals surface area (Å²) in [5.74, 6) is 3.26. The minimum atomic E-state index is 0.633. The fourth-order valence-corrected chi connectivity index (χ4v) is 1.96. The third-order valence-corrected chi connectivity index (χ3v) is 2.83. The predicted molar refractivity (Wildman–Crippen MR) is 64.1 cm³/mol. The summed E-state index contributed by atoms with van der Waals surface area (Å²) in [6.45, 7) is 6.60. The zero-order valence-corrected chi connectivity index (χ0v) is 10.0. The van der Waals surface area contributed by atoms with Crippen molar-refractivity contribution in [3.05, 3.63) is 5.57 Å². The average Bonchev–Trinajstić information content (AvgIpc) is 2.20. The lowest BCUT2D eigenvalue weighted by Gasteiger charge is -2.16. The van der Waals surface area contributed by atoms with Crippen molar-refractivity contribution in [2.75, 3.05) is 0 Å². The van der Waals surface area contributed by atoms with Crippen LogP contribution in [0.1, 0.15) is 65.7 Å². The van der Waals surface area contributed by atoms with Gasteiger partial charge in [0.05, 0.1) is 0 Å². The second kappa shape index (κ2) is 9.02. The molecule has 0 aromatic carbocycles. The third-order valence-electron chi connectivity index (χ3n) is 2.83. The van der Waals surface area contributed by atoms with Crippen LogP contribution in [0.25, 0.3) is 0 Å². The monoisotopic (exact) mass is 195 g/mol. The van der Waals surface area contributed by atoms with E-state index in [0.717, 1.165) is 6.42 Å². The van der Waals surface area contributed by atoms with Gasteiger partial charge in [0.2, 0.25) is 0 Å². The van der Waals surface area contributed by atoms with Crippen LogP contribution in [0.5, 0.6) is 0 Å². The zero-order chi connectivity index (χ0) is 10.8. The van der Waals surface area contributed by atoms with Gasteiger partial charge < -0.3 is 0 Å². The minimum Gasteiger partial charge on any atom is -0.259 e. The van der Waals surface area contributed by atoms with Gasteiger partial charge in [-0.1, -0.05) is 46.5 Å². The Balaban J connectivity index is 4.06. The van der Waals surface area contributed by atoms with Crippen LogP contribution in [0.15, 0.2) is 5.57 Å². The van der Waals surface area contributed by atoms with E-state index in [9.17, 15) is 0 Å². The Bertz CT molecular complexity index is 178. The van der Waals surface area contributed by atoms with Gasteiger partial charge in [0, 0.05) is 0 Å². The van der Waals surface area contributed by atoms with Crippen molar-refractivity contribution in [2.45, 2.75) is 65.7 Å². The van der Waals surface area contributed by atoms with E-state index in [2.05, 4.69) is 26.6 Å². The van der Waals surface area contributed by atoms with Crippen LogP contribution in [0.3, 0.4) is 0 Å². The first-order valence-electron chi connectivity index (χ1n) is 6.08. The van der Waals surface area contributed by atoms with Gasteiger partial charge in [-0.25, -0.2) is 0 Å². The number of hydrogen-bond acceptors (Lipinski definition) is 1. The normalized spacial score (nSPS) is 12.2. The highest BCUT2D eigenvalue weighted by Crippen LogP contribution is 2.24. The molecule has 1 N–H and O–H groups in total. The van der Waals surface area contributed by atoms with Crippen molar-refractivity contribution in [3.63, 3.8) is 0 Å². The van der Waals surface area contributed by atoms with E-state index in [1.54, 1.807) is 0 Å². The largest absolute Gasteiger partial charge is 0.259 e. The van der Waals surface area contributed by atoms with Crippen LogP contribution < -0.4 is 0 Å². The lowest BCUT2D eigenvalue weighted by molar-refractivity contribution is 0.475. The van der Waals surface area contributed by atoms with Crippen LogP contribution in [0, 0.1) is 11.3 Å². The first-order chi connectivity index (χ1) is 6.79. The molecule has 0 aromatic heterocycles.